The standard InChI is InChI=1S/C22H24N4O2/c27-21-13-17-5-3-7-19(17)24-26(21)14-15-8-10-25(11-9-15)22(28)20-12-16-4-1-2-6-18(16)23-20/h1-2,4,6,12-13,15,23H,3,5,7-11,14H2. The minimum atomic E-state index is 0.0113. The Bertz CT molecular complexity index is 1060. The van der Waals surface area contributed by atoms with E-state index < -0.39 is 0 Å². The number of aromatic amines is 1. The number of rotatable bonds is 3. The smallest absolute Gasteiger partial charge is 0.270 e. The summed E-state index contributed by atoms with van der Waals surface area (Å²) >= 11 is 0. The van der Waals surface area contributed by atoms with E-state index in [1.165, 1.54) is 0 Å². The van der Waals surface area contributed by atoms with E-state index in [4.69, 9.17) is 0 Å². The zero-order valence-corrected chi connectivity index (χ0v) is 15.9. The van der Waals surface area contributed by atoms with Crippen LogP contribution in [0.2, 0.25) is 0 Å². The van der Waals surface area contributed by atoms with Gasteiger partial charge in [-0.3, -0.25) is 9.59 Å². The van der Waals surface area contributed by atoms with Crippen LogP contribution in [0.4, 0.5) is 0 Å². The van der Waals surface area contributed by atoms with Gasteiger partial charge in [0.15, 0.2) is 0 Å². The highest BCUT2D eigenvalue weighted by Gasteiger charge is 2.25. The highest BCUT2D eigenvalue weighted by Crippen LogP contribution is 2.23. The molecule has 28 heavy (non-hydrogen) atoms. The number of carbonyl (C=O) groups excluding carboxylic acids is 1. The molecule has 5 rings (SSSR count). The van der Waals surface area contributed by atoms with Crippen molar-refractivity contribution in [2.45, 2.75) is 38.6 Å². The number of para-hydroxylation sites is 1. The topological polar surface area (TPSA) is 71.0 Å². The van der Waals surface area contributed by atoms with E-state index in [0.29, 0.717) is 18.2 Å². The lowest BCUT2D eigenvalue weighted by atomic mass is 9.96. The van der Waals surface area contributed by atoms with Gasteiger partial charge >= 0.3 is 0 Å². The molecule has 3 aromatic rings. The van der Waals surface area contributed by atoms with Crippen molar-refractivity contribution in [2.75, 3.05) is 13.1 Å². The van der Waals surface area contributed by atoms with Crippen LogP contribution in [-0.4, -0.2) is 38.7 Å². The van der Waals surface area contributed by atoms with Crippen molar-refractivity contribution in [3.05, 3.63) is 63.7 Å². The number of aryl methyl sites for hydroxylation is 2. The maximum Gasteiger partial charge on any atom is 0.270 e. The fourth-order valence-electron chi connectivity index (χ4n) is 4.49. The Morgan fingerprint density at radius 1 is 1.14 bits per heavy atom. The highest BCUT2D eigenvalue weighted by molar-refractivity contribution is 5.98. The number of carbonyl (C=O) groups is 1. The number of benzene rings is 1. The summed E-state index contributed by atoms with van der Waals surface area (Å²) in [7, 11) is 0. The van der Waals surface area contributed by atoms with Crippen molar-refractivity contribution in [3.8, 4) is 0 Å². The molecule has 2 aromatic heterocycles. The quantitative estimate of drug-likeness (QED) is 0.764. The fourth-order valence-corrected chi connectivity index (χ4v) is 4.49. The molecule has 1 aromatic carbocycles. The van der Waals surface area contributed by atoms with Crippen LogP contribution in [0.25, 0.3) is 10.9 Å². The van der Waals surface area contributed by atoms with Gasteiger partial charge in [-0.2, -0.15) is 5.10 Å². The number of fused-ring (bicyclic) bond motifs is 2. The molecule has 1 saturated heterocycles. The molecule has 1 aliphatic heterocycles. The van der Waals surface area contributed by atoms with Crippen LogP contribution in [-0.2, 0) is 19.4 Å². The third-order valence-electron chi connectivity index (χ3n) is 6.12. The first-order valence-corrected chi connectivity index (χ1v) is 10.1. The molecule has 0 saturated carbocycles. The predicted octanol–water partition coefficient (Wildman–Crippen LogP) is 2.77. The third-order valence-corrected chi connectivity index (χ3v) is 6.12. The van der Waals surface area contributed by atoms with Crippen molar-refractivity contribution in [2.24, 2.45) is 5.92 Å². The number of amides is 1. The van der Waals surface area contributed by atoms with E-state index in [1.54, 1.807) is 10.7 Å². The Morgan fingerprint density at radius 2 is 1.96 bits per heavy atom. The Balaban J connectivity index is 1.24. The number of piperidine rings is 1. The molecule has 1 aliphatic carbocycles. The van der Waals surface area contributed by atoms with Crippen LogP contribution in [0.1, 0.15) is 41.0 Å². The largest absolute Gasteiger partial charge is 0.351 e. The first kappa shape index (κ1) is 17.2. The van der Waals surface area contributed by atoms with E-state index in [2.05, 4.69) is 10.1 Å². The second-order valence-electron chi connectivity index (χ2n) is 8.00. The van der Waals surface area contributed by atoms with Gasteiger partial charge < -0.3 is 9.88 Å². The number of H-pyrrole nitrogens is 1. The summed E-state index contributed by atoms with van der Waals surface area (Å²) in [4.78, 5) is 30.3. The summed E-state index contributed by atoms with van der Waals surface area (Å²) in [6.45, 7) is 2.09. The van der Waals surface area contributed by atoms with Gasteiger partial charge in [0.2, 0.25) is 0 Å². The zero-order chi connectivity index (χ0) is 19.1. The molecule has 6 heteroatoms. The molecule has 1 N–H and O–H groups in total. The van der Waals surface area contributed by atoms with Gasteiger partial charge in [0, 0.05) is 36.6 Å². The number of hydrogen-bond donors (Lipinski definition) is 1. The molecule has 0 radical (unpaired) electrons. The van der Waals surface area contributed by atoms with Crippen molar-refractivity contribution in [1.82, 2.24) is 19.7 Å². The second-order valence-corrected chi connectivity index (χ2v) is 8.00. The first-order chi connectivity index (χ1) is 13.7. The SMILES string of the molecule is O=C(c1cc2ccccc2[nH]1)N1CCC(Cn2nc3c(cc2=O)CCC3)CC1. The summed E-state index contributed by atoms with van der Waals surface area (Å²) in [5.74, 6) is 0.443. The molecule has 2 aliphatic rings. The van der Waals surface area contributed by atoms with Crippen LogP contribution >= 0.6 is 0 Å². The maximum atomic E-state index is 12.8. The van der Waals surface area contributed by atoms with Crippen LogP contribution in [0, 0.1) is 5.92 Å². The number of aromatic nitrogens is 3. The Kier molecular flexibility index (Phi) is 4.26. The molecule has 1 amide bonds. The Morgan fingerprint density at radius 3 is 2.79 bits per heavy atom. The molecule has 0 bridgehead atoms. The van der Waals surface area contributed by atoms with E-state index in [9.17, 15) is 9.59 Å². The molecule has 144 valence electrons. The van der Waals surface area contributed by atoms with E-state index in [-0.39, 0.29) is 11.5 Å². The highest BCUT2D eigenvalue weighted by atomic mass is 16.2. The van der Waals surface area contributed by atoms with Crippen molar-refractivity contribution >= 4 is 16.8 Å². The Labute approximate surface area is 163 Å². The number of nitrogens with zero attached hydrogens (tertiary/aromatic N) is 3. The summed E-state index contributed by atoms with van der Waals surface area (Å²) in [6.07, 6.45) is 4.86. The van der Waals surface area contributed by atoms with E-state index >= 15 is 0 Å². The monoisotopic (exact) mass is 376 g/mol. The van der Waals surface area contributed by atoms with Gasteiger partial charge in [-0.1, -0.05) is 18.2 Å². The van der Waals surface area contributed by atoms with E-state index in [0.717, 1.165) is 67.4 Å². The molecule has 3 heterocycles. The summed E-state index contributed by atoms with van der Waals surface area (Å²) in [6, 6.07) is 11.6. The lowest BCUT2D eigenvalue weighted by Gasteiger charge is -2.31. The number of hydrogen-bond acceptors (Lipinski definition) is 3. The van der Waals surface area contributed by atoms with Gasteiger partial charge in [0.05, 0.1) is 5.69 Å². The average molecular weight is 376 g/mol. The van der Waals surface area contributed by atoms with Gasteiger partial charge in [-0.15, -0.1) is 0 Å². The molecular formula is C22H24N4O2. The third kappa shape index (κ3) is 3.13. The summed E-state index contributed by atoms with van der Waals surface area (Å²) < 4.78 is 1.64. The van der Waals surface area contributed by atoms with Gasteiger partial charge in [0.25, 0.3) is 11.5 Å². The second kappa shape index (κ2) is 6.93. The number of nitrogens with one attached hydrogen (secondary N) is 1. The zero-order valence-electron chi connectivity index (χ0n) is 15.9. The van der Waals surface area contributed by atoms with Crippen molar-refractivity contribution in [3.63, 3.8) is 0 Å². The van der Waals surface area contributed by atoms with Gasteiger partial charge in [-0.05, 0) is 55.7 Å². The minimum Gasteiger partial charge on any atom is -0.351 e. The number of likely N-dealkylation sites (tertiary alicyclic amines) is 1. The molecule has 1 fully saturated rings. The molecule has 0 unspecified atom stereocenters. The van der Waals surface area contributed by atoms with Crippen molar-refractivity contribution in [1.29, 1.82) is 0 Å². The molecule has 0 spiro atoms. The Hall–Kier alpha value is -2.89. The fraction of sp³-hybridized carbons (Fsp3) is 0.409. The average Bonchev–Trinajstić information content (AvgIpc) is 3.34. The lowest BCUT2D eigenvalue weighted by molar-refractivity contribution is 0.0675. The van der Waals surface area contributed by atoms with Crippen LogP contribution in [0.5, 0.6) is 0 Å². The summed E-state index contributed by atoms with van der Waals surface area (Å²) in [5, 5.41) is 5.65. The molecular weight excluding hydrogens is 352 g/mol. The van der Waals surface area contributed by atoms with Gasteiger partial charge in [-0.25, -0.2) is 4.68 Å². The minimum absolute atomic E-state index is 0.0113. The first-order valence-electron chi connectivity index (χ1n) is 10.1. The molecule has 0 atom stereocenters. The molecule has 6 nitrogen and oxygen atoms in total. The van der Waals surface area contributed by atoms with Crippen molar-refractivity contribution < 1.29 is 4.79 Å². The van der Waals surface area contributed by atoms with Crippen LogP contribution in [0.15, 0.2) is 41.2 Å². The maximum absolute atomic E-state index is 12.8. The van der Waals surface area contributed by atoms with Crippen LogP contribution < -0.4 is 5.56 Å². The summed E-state index contributed by atoms with van der Waals surface area (Å²) in [5.41, 5.74) is 3.86. The van der Waals surface area contributed by atoms with E-state index in [1.807, 2.05) is 35.2 Å². The lowest BCUT2D eigenvalue weighted by Crippen LogP contribution is -2.40. The normalized spacial score (nSPS) is 17.2. The van der Waals surface area contributed by atoms with Crippen LogP contribution in [0.3, 0.4) is 0 Å². The predicted molar refractivity (Wildman–Crippen MR) is 107 cm³/mol. The van der Waals surface area contributed by atoms with Gasteiger partial charge in [0.1, 0.15) is 5.69 Å².